The molecule has 0 saturated heterocycles. The van der Waals surface area contributed by atoms with Gasteiger partial charge in [0.1, 0.15) is 0 Å². The van der Waals surface area contributed by atoms with E-state index in [1.54, 1.807) is 11.8 Å². The molecular weight excluding hydrogens is 324 g/mol. The Labute approximate surface area is 156 Å². The Kier molecular flexibility index (Phi) is 7.54. The fourth-order valence-corrected chi connectivity index (χ4v) is 3.71. The Morgan fingerprint density at radius 2 is 1.64 bits per heavy atom. The number of aliphatic hydroxyl groups is 1. The number of hydrogen-bond donors (Lipinski definition) is 1. The third-order valence-electron chi connectivity index (χ3n) is 4.09. The molecule has 0 fully saturated rings. The molecule has 0 saturated carbocycles. The lowest BCUT2D eigenvalue weighted by Crippen LogP contribution is -2.35. The average Bonchev–Trinajstić information content (AvgIpc) is 2.59. The van der Waals surface area contributed by atoms with E-state index < -0.39 is 5.60 Å². The predicted octanol–water partition coefficient (Wildman–Crippen LogP) is 6.36. The zero-order chi connectivity index (χ0) is 18.1. The van der Waals surface area contributed by atoms with Crippen molar-refractivity contribution in [2.75, 3.05) is 0 Å². The molecular formula is C23H28OS. The summed E-state index contributed by atoms with van der Waals surface area (Å²) in [6.07, 6.45) is 8.06. The Hall–Kier alpha value is -1.77. The summed E-state index contributed by atoms with van der Waals surface area (Å²) in [5.74, 6) is 0. The van der Waals surface area contributed by atoms with Gasteiger partial charge in [-0.15, -0.1) is 11.8 Å². The first kappa shape index (κ1) is 19.6. The van der Waals surface area contributed by atoms with Crippen LogP contribution in [0.4, 0.5) is 0 Å². The maximum Gasteiger partial charge on any atom is 0.0779 e. The molecule has 132 valence electrons. The van der Waals surface area contributed by atoms with Crippen LogP contribution in [0.2, 0.25) is 0 Å². The fourth-order valence-electron chi connectivity index (χ4n) is 2.58. The van der Waals surface area contributed by atoms with E-state index in [-0.39, 0.29) is 5.25 Å². The molecule has 2 aromatic carbocycles. The second-order valence-corrected chi connectivity index (χ2v) is 8.01. The summed E-state index contributed by atoms with van der Waals surface area (Å²) in [5, 5.41) is 11.1. The summed E-state index contributed by atoms with van der Waals surface area (Å²) < 4.78 is 0. The van der Waals surface area contributed by atoms with Gasteiger partial charge in [-0.25, -0.2) is 0 Å². The molecule has 0 heterocycles. The normalized spacial score (nSPS) is 14.9. The highest BCUT2D eigenvalue weighted by molar-refractivity contribution is 8.00. The Morgan fingerprint density at radius 1 is 1.04 bits per heavy atom. The van der Waals surface area contributed by atoms with Crippen LogP contribution in [0.1, 0.15) is 39.2 Å². The average molecular weight is 353 g/mol. The lowest BCUT2D eigenvalue weighted by Gasteiger charge is -2.30. The Balaban J connectivity index is 2.18. The molecule has 0 aromatic heterocycles. The fraction of sp³-hybridized carbons (Fsp3) is 0.304. The van der Waals surface area contributed by atoms with E-state index in [4.69, 9.17) is 0 Å². The van der Waals surface area contributed by atoms with Gasteiger partial charge < -0.3 is 5.11 Å². The second kappa shape index (κ2) is 9.65. The molecule has 0 aliphatic heterocycles. The van der Waals surface area contributed by atoms with Gasteiger partial charge in [-0.3, -0.25) is 0 Å². The van der Waals surface area contributed by atoms with Crippen molar-refractivity contribution in [2.24, 2.45) is 0 Å². The van der Waals surface area contributed by atoms with Crippen molar-refractivity contribution >= 4 is 17.8 Å². The maximum absolute atomic E-state index is 11.1. The lowest BCUT2D eigenvalue weighted by atomic mass is 9.94. The molecule has 2 aromatic rings. The van der Waals surface area contributed by atoms with Crippen LogP contribution in [0, 0.1) is 0 Å². The SMILES string of the molecule is CC(C)=CCC[C@](C)(O)[C@@H](/C=C\c1ccccc1)Sc1ccccc1. The van der Waals surface area contributed by atoms with Crippen LogP contribution in [0.15, 0.2) is 83.3 Å². The topological polar surface area (TPSA) is 20.2 Å². The monoisotopic (exact) mass is 352 g/mol. The summed E-state index contributed by atoms with van der Waals surface area (Å²) in [7, 11) is 0. The third kappa shape index (κ3) is 6.93. The summed E-state index contributed by atoms with van der Waals surface area (Å²) in [6.45, 7) is 6.14. The number of benzene rings is 2. The first-order valence-electron chi connectivity index (χ1n) is 8.78. The van der Waals surface area contributed by atoms with E-state index in [9.17, 15) is 5.11 Å². The van der Waals surface area contributed by atoms with Crippen molar-refractivity contribution in [1.82, 2.24) is 0 Å². The van der Waals surface area contributed by atoms with Gasteiger partial charge in [0.05, 0.1) is 10.9 Å². The van der Waals surface area contributed by atoms with Crippen molar-refractivity contribution in [3.05, 3.63) is 84.0 Å². The highest BCUT2D eigenvalue weighted by atomic mass is 32.2. The molecule has 2 heteroatoms. The summed E-state index contributed by atoms with van der Waals surface area (Å²) in [6, 6.07) is 20.5. The summed E-state index contributed by atoms with van der Waals surface area (Å²) in [5.41, 5.74) is 1.67. The number of hydrogen-bond acceptors (Lipinski definition) is 2. The first-order chi connectivity index (χ1) is 12.0. The molecule has 0 radical (unpaired) electrons. The Morgan fingerprint density at radius 3 is 2.24 bits per heavy atom. The summed E-state index contributed by atoms with van der Waals surface area (Å²) in [4.78, 5) is 1.17. The van der Waals surface area contributed by atoms with Gasteiger partial charge in [-0.1, -0.05) is 72.3 Å². The predicted molar refractivity (Wildman–Crippen MR) is 111 cm³/mol. The zero-order valence-corrected chi connectivity index (χ0v) is 16.2. The molecule has 0 amide bonds. The molecule has 0 spiro atoms. The van der Waals surface area contributed by atoms with Crippen LogP contribution in [-0.2, 0) is 0 Å². The van der Waals surface area contributed by atoms with E-state index in [0.29, 0.717) is 0 Å². The molecule has 2 rings (SSSR count). The van der Waals surface area contributed by atoms with Crippen molar-refractivity contribution in [2.45, 2.75) is 49.4 Å². The largest absolute Gasteiger partial charge is 0.389 e. The molecule has 0 aliphatic rings. The minimum Gasteiger partial charge on any atom is -0.389 e. The van der Waals surface area contributed by atoms with E-state index >= 15 is 0 Å². The van der Waals surface area contributed by atoms with Gasteiger partial charge in [-0.05, 0) is 51.3 Å². The smallest absolute Gasteiger partial charge is 0.0779 e. The molecule has 0 aliphatic carbocycles. The zero-order valence-electron chi connectivity index (χ0n) is 15.4. The number of allylic oxidation sites excluding steroid dienone is 2. The van der Waals surface area contributed by atoms with Crippen LogP contribution < -0.4 is 0 Å². The van der Waals surface area contributed by atoms with Crippen LogP contribution in [0.5, 0.6) is 0 Å². The lowest BCUT2D eigenvalue weighted by molar-refractivity contribution is 0.0605. The van der Waals surface area contributed by atoms with E-state index in [2.05, 4.69) is 56.3 Å². The van der Waals surface area contributed by atoms with Crippen LogP contribution in [0.3, 0.4) is 0 Å². The van der Waals surface area contributed by atoms with Crippen molar-refractivity contribution in [3.8, 4) is 0 Å². The standard InChI is InChI=1S/C23H28OS/c1-19(2)11-10-18-23(3,24)22(25-21-14-8-5-9-15-21)17-16-20-12-6-4-7-13-20/h4-9,11-17,22,24H,10,18H2,1-3H3/b17-16-/t22-,23+/m1/s1. The molecule has 2 atom stereocenters. The quantitative estimate of drug-likeness (QED) is 0.441. The molecule has 1 N–H and O–H groups in total. The van der Waals surface area contributed by atoms with Crippen molar-refractivity contribution in [1.29, 1.82) is 0 Å². The van der Waals surface area contributed by atoms with Crippen molar-refractivity contribution in [3.63, 3.8) is 0 Å². The van der Waals surface area contributed by atoms with E-state index in [1.807, 2.05) is 43.3 Å². The van der Waals surface area contributed by atoms with Crippen LogP contribution in [-0.4, -0.2) is 16.0 Å². The minimum absolute atomic E-state index is 0.0133. The molecule has 25 heavy (non-hydrogen) atoms. The highest BCUT2D eigenvalue weighted by Crippen LogP contribution is 2.34. The number of rotatable bonds is 8. The highest BCUT2D eigenvalue weighted by Gasteiger charge is 2.30. The maximum atomic E-state index is 11.1. The molecule has 1 nitrogen and oxygen atoms in total. The second-order valence-electron chi connectivity index (χ2n) is 6.80. The van der Waals surface area contributed by atoms with E-state index in [0.717, 1.165) is 18.4 Å². The van der Waals surface area contributed by atoms with Crippen molar-refractivity contribution < 1.29 is 5.11 Å². The van der Waals surface area contributed by atoms with E-state index in [1.165, 1.54) is 10.5 Å². The van der Waals surface area contributed by atoms with Crippen LogP contribution >= 0.6 is 11.8 Å². The molecule has 0 bridgehead atoms. The van der Waals surface area contributed by atoms with Gasteiger partial charge in [-0.2, -0.15) is 0 Å². The first-order valence-corrected chi connectivity index (χ1v) is 9.66. The van der Waals surface area contributed by atoms with Gasteiger partial charge in [0.2, 0.25) is 0 Å². The minimum atomic E-state index is -0.780. The van der Waals surface area contributed by atoms with Gasteiger partial charge in [0, 0.05) is 4.90 Å². The van der Waals surface area contributed by atoms with Crippen LogP contribution in [0.25, 0.3) is 6.08 Å². The van der Waals surface area contributed by atoms with Gasteiger partial charge >= 0.3 is 0 Å². The third-order valence-corrected chi connectivity index (χ3v) is 5.55. The summed E-state index contributed by atoms with van der Waals surface area (Å²) >= 11 is 1.72. The molecule has 0 unspecified atom stereocenters. The Bertz CT molecular complexity index is 683. The van der Waals surface area contributed by atoms with Gasteiger partial charge in [0.25, 0.3) is 0 Å². The number of thioether (sulfide) groups is 1. The van der Waals surface area contributed by atoms with Gasteiger partial charge in [0.15, 0.2) is 0 Å².